The molecule has 9 heteroatoms. The van der Waals surface area contributed by atoms with Crippen molar-refractivity contribution in [1.82, 2.24) is 0 Å². The molecule has 0 spiro atoms. The first-order chi connectivity index (χ1) is 19.3. The summed E-state index contributed by atoms with van der Waals surface area (Å²) in [5.41, 5.74) is -0.731. The molecule has 9 nitrogen and oxygen atoms in total. The first-order valence-electron chi connectivity index (χ1n) is 12.4. The van der Waals surface area contributed by atoms with Crippen LogP contribution >= 0.6 is 0 Å². The van der Waals surface area contributed by atoms with Gasteiger partial charge in [-0.1, -0.05) is 30.3 Å². The van der Waals surface area contributed by atoms with E-state index in [0.717, 1.165) is 0 Å². The highest BCUT2D eigenvalue weighted by Gasteiger charge is 2.46. The van der Waals surface area contributed by atoms with Gasteiger partial charge in [0.25, 0.3) is 0 Å². The van der Waals surface area contributed by atoms with Crippen molar-refractivity contribution >= 4 is 22.9 Å². The summed E-state index contributed by atoms with van der Waals surface area (Å²) in [5, 5.41) is 19.2. The zero-order chi connectivity index (χ0) is 28.9. The molecule has 200 valence electrons. The van der Waals surface area contributed by atoms with Crippen LogP contribution in [-0.2, 0) is 24.5 Å². The lowest BCUT2D eigenvalue weighted by molar-refractivity contribution is -0.163. The van der Waals surface area contributed by atoms with E-state index < -0.39 is 23.0 Å². The van der Waals surface area contributed by atoms with Crippen molar-refractivity contribution < 1.29 is 28.2 Å². The molecule has 0 aliphatic rings. The van der Waals surface area contributed by atoms with E-state index in [4.69, 9.17) is 18.6 Å². The number of esters is 2. The Balaban J connectivity index is 1.67. The Labute approximate surface area is 229 Å². The number of carbonyl (C=O) groups excluding carboxylic acids is 2. The molecule has 0 aliphatic carbocycles. The molecular formula is C31H24N2O7. The molecular weight excluding hydrogens is 512 g/mol. The van der Waals surface area contributed by atoms with Crippen molar-refractivity contribution in [1.29, 1.82) is 10.5 Å². The summed E-state index contributed by atoms with van der Waals surface area (Å²) in [6.45, 7) is 4.85. The minimum Gasteiger partial charge on any atom is -0.465 e. The fourth-order valence-electron chi connectivity index (χ4n) is 4.15. The molecule has 0 bridgehead atoms. The number of nitrogens with zero attached hydrogens (tertiary/aromatic N) is 2. The van der Waals surface area contributed by atoms with Gasteiger partial charge >= 0.3 is 17.6 Å². The standard InChI is InChI=1S/C31H24N2O7/c1-4-37-29(35)31(3,30(36)38-5-2)22-12-9-20-15-24(28(34)40-27(20)16-22)19-10-13-23(14-11-19)39-26-8-6-7-21(17-32)25(26)18-33/h6-16H,4-5H2,1-3H3. The van der Waals surface area contributed by atoms with E-state index in [-0.39, 0.29) is 46.8 Å². The molecule has 0 saturated heterocycles. The SMILES string of the molecule is CCOC(=O)C(C)(C(=O)OCC)c1ccc2cc(-c3ccc(Oc4cccc(C#N)c4C#N)cc3)c(=O)oc2c1. The highest BCUT2D eigenvalue weighted by molar-refractivity contribution is 6.06. The molecule has 1 aromatic heterocycles. The summed E-state index contributed by atoms with van der Waals surface area (Å²) in [7, 11) is 0. The second kappa shape index (κ2) is 11.5. The number of rotatable bonds is 8. The Morgan fingerprint density at radius 1 is 0.900 bits per heavy atom. The Hall–Kier alpha value is -5.41. The lowest BCUT2D eigenvalue weighted by Gasteiger charge is -2.25. The first kappa shape index (κ1) is 27.6. The van der Waals surface area contributed by atoms with Crippen LogP contribution in [0, 0.1) is 22.7 Å². The molecule has 0 N–H and O–H groups in total. The summed E-state index contributed by atoms with van der Waals surface area (Å²) >= 11 is 0. The van der Waals surface area contributed by atoms with E-state index in [1.54, 1.807) is 68.4 Å². The van der Waals surface area contributed by atoms with Crippen LogP contribution in [0.5, 0.6) is 11.5 Å². The lowest BCUT2D eigenvalue weighted by Crippen LogP contribution is -2.43. The van der Waals surface area contributed by atoms with Crippen LogP contribution in [0.4, 0.5) is 0 Å². The van der Waals surface area contributed by atoms with Gasteiger partial charge in [-0.05, 0) is 68.3 Å². The van der Waals surface area contributed by atoms with Gasteiger partial charge in [-0.15, -0.1) is 0 Å². The minimum atomic E-state index is -1.74. The second-order valence-electron chi connectivity index (χ2n) is 8.79. The van der Waals surface area contributed by atoms with Crippen molar-refractivity contribution in [3.8, 4) is 34.8 Å². The van der Waals surface area contributed by atoms with Crippen molar-refractivity contribution in [2.45, 2.75) is 26.2 Å². The number of ether oxygens (including phenoxy) is 3. The maximum Gasteiger partial charge on any atom is 0.344 e. The van der Waals surface area contributed by atoms with Gasteiger partial charge in [-0.25, -0.2) is 4.79 Å². The van der Waals surface area contributed by atoms with Gasteiger partial charge in [0, 0.05) is 5.39 Å². The summed E-state index contributed by atoms with van der Waals surface area (Å²) < 4.78 is 21.7. The fraction of sp³-hybridized carbons (Fsp3) is 0.194. The summed E-state index contributed by atoms with van der Waals surface area (Å²) in [4.78, 5) is 38.5. The molecule has 1 heterocycles. The fourth-order valence-corrected chi connectivity index (χ4v) is 4.15. The third kappa shape index (κ3) is 5.13. The monoisotopic (exact) mass is 536 g/mol. The first-order valence-corrected chi connectivity index (χ1v) is 12.4. The Kier molecular flexibility index (Phi) is 7.97. The van der Waals surface area contributed by atoms with Crippen LogP contribution < -0.4 is 10.4 Å². The average Bonchev–Trinajstić information content (AvgIpc) is 2.96. The van der Waals surface area contributed by atoms with Gasteiger partial charge in [0.05, 0.1) is 24.3 Å². The smallest absolute Gasteiger partial charge is 0.344 e. The number of fused-ring (bicyclic) bond motifs is 1. The van der Waals surface area contributed by atoms with Gasteiger partial charge in [0.15, 0.2) is 5.41 Å². The average molecular weight is 537 g/mol. The van der Waals surface area contributed by atoms with E-state index in [1.165, 1.54) is 19.1 Å². The summed E-state index contributed by atoms with van der Waals surface area (Å²) in [5.74, 6) is -0.888. The molecule has 0 saturated carbocycles. The van der Waals surface area contributed by atoms with Crippen molar-refractivity contribution in [2.24, 2.45) is 0 Å². The summed E-state index contributed by atoms with van der Waals surface area (Å²) in [6, 6.07) is 21.7. The maximum absolute atomic E-state index is 12.9. The van der Waals surface area contributed by atoms with Crippen LogP contribution in [0.15, 0.2) is 75.9 Å². The van der Waals surface area contributed by atoms with E-state index in [2.05, 4.69) is 0 Å². The number of nitriles is 2. The predicted octanol–water partition coefficient (Wildman–Crippen LogP) is 5.38. The third-order valence-electron chi connectivity index (χ3n) is 6.33. The molecule has 0 radical (unpaired) electrons. The molecule has 0 atom stereocenters. The quantitative estimate of drug-likeness (QED) is 0.165. The lowest BCUT2D eigenvalue weighted by atomic mass is 9.82. The number of carbonyl (C=O) groups is 2. The Bertz CT molecular complexity index is 1720. The zero-order valence-corrected chi connectivity index (χ0v) is 22.0. The van der Waals surface area contributed by atoms with Gasteiger partial charge < -0.3 is 18.6 Å². The van der Waals surface area contributed by atoms with Gasteiger partial charge in [-0.3, -0.25) is 9.59 Å². The van der Waals surface area contributed by atoms with Gasteiger partial charge in [0.1, 0.15) is 34.8 Å². The van der Waals surface area contributed by atoms with Crippen LogP contribution in [0.25, 0.3) is 22.1 Å². The van der Waals surface area contributed by atoms with Crippen LogP contribution in [0.1, 0.15) is 37.5 Å². The number of hydrogen-bond acceptors (Lipinski definition) is 9. The zero-order valence-electron chi connectivity index (χ0n) is 22.0. The molecule has 40 heavy (non-hydrogen) atoms. The molecule has 0 amide bonds. The predicted molar refractivity (Wildman–Crippen MR) is 144 cm³/mol. The van der Waals surface area contributed by atoms with E-state index in [9.17, 15) is 24.9 Å². The largest absolute Gasteiger partial charge is 0.465 e. The topological polar surface area (TPSA) is 140 Å². The molecule has 0 unspecified atom stereocenters. The Morgan fingerprint density at radius 2 is 1.57 bits per heavy atom. The third-order valence-corrected chi connectivity index (χ3v) is 6.33. The highest BCUT2D eigenvalue weighted by atomic mass is 16.6. The second-order valence-corrected chi connectivity index (χ2v) is 8.79. The van der Waals surface area contributed by atoms with Crippen LogP contribution in [0.3, 0.4) is 0 Å². The number of hydrogen-bond donors (Lipinski definition) is 0. The van der Waals surface area contributed by atoms with Gasteiger partial charge in [0.2, 0.25) is 0 Å². The Morgan fingerprint density at radius 3 is 2.17 bits per heavy atom. The van der Waals surface area contributed by atoms with Crippen molar-refractivity contribution in [3.05, 3.63) is 93.8 Å². The van der Waals surface area contributed by atoms with Crippen molar-refractivity contribution in [3.63, 3.8) is 0 Å². The van der Waals surface area contributed by atoms with Crippen LogP contribution in [-0.4, -0.2) is 25.2 Å². The maximum atomic E-state index is 12.9. The van der Waals surface area contributed by atoms with Crippen molar-refractivity contribution in [2.75, 3.05) is 13.2 Å². The molecule has 4 rings (SSSR count). The normalized spacial score (nSPS) is 10.8. The van der Waals surface area contributed by atoms with E-state index in [0.29, 0.717) is 16.7 Å². The minimum absolute atomic E-state index is 0.0788. The van der Waals surface area contributed by atoms with Crippen LogP contribution in [0.2, 0.25) is 0 Å². The van der Waals surface area contributed by atoms with E-state index >= 15 is 0 Å². The molecule has 0 aliphatic heterocycles. The van der Waals surface area contributed by atoms with Gasteiger partial charge in [-0.2, -0.15) is 10.5 Å². The number of benzene rings is 3. The molecule has 4 aromatic rings. The van der Waals surface area contributed by atoms with E-state index in [1.807, 2.05) is 12.1 Å². The highest BCUT2D eigenvalue weighted by Crippen LogP contribution is 2.32. The molecule has 3 aromatic carbocycles. The summed E-state index contributed by atoms with van der Waals surface area (Å²) in [6.07, 6.45) is 0. The molecule has 0 fully saturated rings.